The van der Waals surface area contributed by atoms with Gasteiger partial charge < -0.3 is 20.1 Å². The molecular weight excluding hydrogens is 366 g/mol. The Morgan fingerprint density at radius 3 is 2.66 bits per heavy atom. The van der Waals surface area contributed by atoms with Gasteiger partial charge in [0.1, 0.15) is 0 Å². The number of imidazole rings is 1. The van der Waals surface area contributed by atoms with Gasteiger partial charge in [-0.3, -0.25) is 9.59 Å². The number of benzene rings is 1. The molecule has 2 amide bonds. The van der Waals surface area contributed by atoms with Crippen LogP contribution in [0.3, 0.4) is 0 Å². The van der Waals surface area contributed by atoms with Crippen LogP contribution < -0.4 is 10.6 Å². The molecule has 0 saturated heterocycles. The standard InChI is InChI=1S/C22H31N5O2/c1-15(2)16-9-5-6-10-17(16)24-21(28)19-18-11-7-8-13-27(18)20(25-19)22(29)23-12-14-26(3)4/h5-6,9-10,15H,7-8,11-14H2,1-4H3,(H,23,29)(H,24,28). The molecule has 0 atom stereocenters. The number of carbonyl (C=O) groups excluding carboxylic acids is 2. The van der Waals surface area contributed by atoms with Crippen LogP contribution in [0.15, 0.2) is 24.3 Å². The summed E-state index contributed by atoms with van der Waals surface area (Å²) in [5.41, 5.74) is 3.09. The van der Waals surface area contributed by atoms with Gasteiger partial charge in [-0.1, -0.05) is 32.0 Å². The highest BCUT2D eigenvalue weighted by molar-refractivity contribution is 6.05. The number of rotatable bonds is 7. The summed E-state index contributed by atoms with van der Waals surface area (Å²) >= 11 is 0. The van der Waals surface area contributed by atoms with E-state index in [1.54, 1.807) is 0 Å². The van der Waals surface area contributed by atoms with Crippen molar-refractivity contribution in [2.75, 3.05) is 32.5 Å². The molecule has 2 heterocycles. The zero-order valence-electron chi connectivity index (χ0n) is 17.8. The fraction of sp³-hybridized carbons (Fsp3) is 0.500. The second-order valence-corrected chi connectivity index (χ2v) is 8.09. The minimum absolute atomic E-state index is 0.225. The van der Waals surface area contributed by atoms with Crippen molar-refractivity contribution in [3.63, 3.8) is 0 Å². The molecule has 1 aliphatic heterocycles. The van der Waals surface area contributed by atoms with E-state index in [2.05, 4.69) is 29.5 Å². The number of likely N-dealkylation sites (N-methyl/N-ethyl adjacent to an activating group) is 1. The molecule has 29 heavy (non-hydrogen) atoms. The van der Waals surface area contributed by atoms with E-state index in [1.165, 1.54) is 0 Å². The third-order valence-electron chi connectivity index (χ3n) is 5.21. The summed E-state index contributed by atoms with van der Waals surface area (Å²) in [5, 5.41) is 5.93. The van der Waals surface area contributed by atoms with Crippen LogP contribution in [0.1, 0.15) is 65.0 Å². The number of hydrogen-bond donors (Lipinski definition) is 2. The maximum atomic E-state index is 13.1. The van der Waals surface area contributed by atoms with E-state index in [-0.39, 0.29) is 11.8 Å². The molecule has 156 valence electrons. The maximum absolute atomic E-state index is 13.1. The second kappa shape index (κ2) is 9.22. The molecule has 0 unspecified atom stereocenters. The number of fused-ring (bicyclic) bond motifs is 1. The third-order valence-corrected chi connectivity index (χ3v) is 5.21. The Hall–Kier alpha value is -2.67. The van der Waals surface area contributed by atoms with Gasteiger partial charge in [0.2, 0.25) is 0 Å². The van der Waals surface area contributed by atoms with Gasteiger partial charge >= 0.3 is 0 Å². The molecule has 7 heteroatoms. The van der Waals surface area contributed by atoms with Crippen molar-refractivity contribution in [3.05, 3.63) is 47.0 Å². The molecule has 1 aliphatic rings. The first-order valence-corrected chi connectivity index (χ1v) is 10.3. The maximum Gasteiger partial charge on any atom is 0.287 e. The molecule has 2 aromatic rings. The average Bonchev–Trinajstić information content (AvgIpc) is 3.08. The summed E-state index contributed by atoms with van der Waals surface area (Å²) < 4.78 is 1.91. The van der Waals surface area contributed by atoms with Gasteiger partial charge in [-0.15, -0.1) is 0 Å². The lowest BCUT2D eigenvalue weighted by Gasteiger charge is -2.18. The van der Waals surface area contributed by atoms with Crippen LogP contribution in [0.4, 0.5) is 5.69 Å². The first-order chi connectivity index (χ1) is 13.9. The molecule has 0 spiro atoms. The number of para-hydroxylation sites is 1. The van der Waals surface area contributed by atoms with Crippen LogP contribution in [-0.2, 0) is 13.0 Å². The zero-order chi connectivity index (χ0) is 21.0. The van der Waals surface area contributed by atoms with Crippen molar-refractivity contribution in [1.29, 1.82) is 0 Å². The number of nitrogens with one attached hydrogen (secondary N) is 2. The minimum Gasteiger partial charge on any atom is -0.348 e. The molecule has 7 nitrogen and oxygen atoms in total. The van der Waals surface area contributed by atoms with Crippen molar-refractivity contribution in [2.24, 2.45) is 0 Å². The number of aromatic nitrogens is 2. The fourth-order valence-corrected chi connectivity index (χ4v) is 3.67. The van der Waals surface area contributed by atoms with Crippen LogP contribution in [0.2, 0.25) is 0 Å². The van der Waals surface area contributed by atoms with Gasteiger partial charge in [-0.2, -0.15) is 0 Å². The predicted octanol–water partition coefficient (Wildman–Crippen LogP) is 2.89. The van der Waals surface area contributed by atoms with Crippen molar-refractivity contribution in [2.45, 2.75) is 45.6 Å². The average molecular weight is 398 g/mol. The molecule has 0 fully saturated rings. The van der Waals surface area contributed by atoms with Crippen LogP contribution in [0, 0.1) is 0 Å². The highest BCUT2D eigenvalue weighted by Gasteiger charge is 2.27. The van der Waals surface area contributed by atoms with Gasteiger partial charge in [0.25, 0.3) is 11.8 Å². The van der Waals surface area contributed by atoms with Crippen LogP contribution in [0.25, 0.3) is 0 Å². The number of amides is 2. The van der Waals surface area contributed by atoms with Crippen molar-refractivity contribution in [1.82, 2.24) is 19.8 Å². The van der Waals surface area contributed by atoms with Crippen LogP contribution in [-0.4, -0.2) is 53.5 Å². The summed E-state index contributed by atoms with van der Waals surface area (Å²) in [7, 11) is 3.92. The van der Waals surface area contributed by atoms with Gasteiger partial charge in [-0.05, 0) is 50.9 Å². The summed E-state index contributed by atoms with van der Waals surface area (Å²) in [5.74, 6) is 0.147. The molecule has 1 aromatic carbocycles. The Morgan fingerprint density at radius 1 is 1.17 bits per heavy atom. The van der Waals surface area contributed by atoms with Gasteiger partial charge in [0.05, 0.1) is 5.69 Å². The summed E-state index contributed by atoms with van der Waals surface area (Å²) in [4.78, 5) is 32.3. The highest BCUT2D eigenvalue weighted by Crippen LogP contribution is 2.26. The van der Waals surface area contributed by atoms with E-state index in [9.17, 15) is 9.59 Å². The largest absolute Gasteiger partial charge is 0.348 e. The van der Waals surface area contributed by atoms with Crippen LogP contribution in [0.5, 0.6) is 0 Å². The Bertz CT molecular complexity index is 885. The first-order valence-electron chi connectivity index (χ1n) is 10.3. The van der Waals surface area contributed by atoms with Gasteiger partial charge in [0.15, 0.2) is 11.5 Å². The molecule has 0 bridgehead atoms. The fourth-order valence-electron chi connectivity index (χ4n) is 3.67. The van der Waals surface area contributed by atoms with Gasteiger partial charge in [-0.25, -0.2) is 4.98 Å². The summed E-state index contributed by atoms with van der Waals surface area (Å²) in [6.45, 7) is 6.20. The quantitative estimate of drug-likeness (QED) is 0.753. The van der Waals surface area contributed by atoms with Crippen molar-refractivity contribution in [3.8, 4) is 0 Å². The summed E-state index contributed by atoms with van der Waals surface area (Å²) in [6, 6.07) is 7.81. The molecule has 0 aliphatic carbocycles. The number of carbonyl (C=O) groups is 2. The number of nitrogens with zero attached hydrogens (tertiary/aromatic N) is 3. The Kier molecular flexibility index (Phi) is 6.69. The van der Waals surface area contributed by atoms with E-state index in [0.29, 0.717) is 30.5 Å². The monoisotopic (exact) mass is 397 g/mol. The van der Waals surface area contributed by atoms with Crippen molar-refractivity contribution >= 4 is 17.5 Å². The van der Waals surface area contributed by atoms with Crippen LogP contribution >= 0.6 is 0 Å². The Morgan fingerprint density at radius 2 is 1.93 bits per heavy atom. The Balaban J connectivity index is 1.85. The zero-order valence-corrected chi connectivity index (χ0v) is 17.8. The molecular formula is C22H31N5O2. The molecule has 2 N–H and O–H groups in total. The molecule has 0 radical (unpaired) electrons. The topological polar surface area (TPSA) is 79.3 Å². The lowest BCUT2D eigenvalue weighted by atomic mass is 10.0. The third kappa shape index (κ3) is 4.85. The predicted molar refractivity (Wildman–Crippen MR) is 115 cm³/mol. The molecule has 3 rings (SSSR count). The molecule has 1 aromatic heterocycles. The lowest BCUT2D eigenvalue weighted by Crippen LogP contribution is -2.33. The van der Waals surface area contributed by atoms with E-state index in [0.717, 1.165) is 42.8 Å². The van der Waals surface area contributed by atoms with E-state index < -0.39 is 0 Å². The van der Waals surface area contributed by atoms with E-state index in [4.69, 9.17) is 0 Å². The van der Waals surface area contributed by atoms with Gasteiger partial charge in [0, 0.05) is 25.3 Å². The highest BCUT2D eigenvalue weighted by atomic mass is 16.2. The normalized spacial score (nSPS) is 13.4. The number of hydrogen-bond acceptors (Lipinski definition) is 4. The van der Waals surface area contributed by atoms with E-state index >= 15 is 0 Å². The van der Waals surface area contributed by atoms with E-state index in [1.807, 2.05) is 47.8 Å². The number of anilines is 1. The molecule has 0 saturated carbocycles. The van der Waals surface area contributed by atoms with Crippen molar-refractivity contribution < 1.29 is 9.59 Å². The lowest BCUT2D eigenvalue weighted by molar-refractivity contribution is 0.0935. The first kappa shape index (κ1) is 21.0. The Labute approximate surface area is 172 Å². The second-order valence-electron chi connectivity index (χ2n) is 8.09. The summed E-state index contributed by atoms with van der Waals surface area (Å²) in [6.07, 6.45) is 2.74. The SMILES string of the molecule is CC(C)c1ccccc1NC(=O)c1nc(C(=O)NCCN(C)C)n2c1CCCC2. The smallest absolute Gasteiger partial charge is 0.287 e. The minimum atomic E-state index is -0.254.